The van der Waals surface area contributed by atoms with Crippen LogP contribution in [0.5, 0.6) is 5.75 Å². The molecular weight excluding hydrogens is 530 g/mol. The number of ether oxygens (including phenoxy) is 2. The monoisotopic (exact) mass is 567 g/mol. The Kier molecular flexibility index (Phi) is 9.53. The number of rotatable bonds is 10. The van der Waals surface area contributed by atoms with Gasteiger partial charge in [-0.2, -0.15) is 4.98 Å². The summed E-state index contributed by atoms with van der Waals surface area (Å²) >= 11 is 6.44. The zero-order valence-corrected chi connectivity index (χ0v) is 24.0. The van der Waals surface area contributed by atoms with Crippen molar-refractivity contribution in [2.24, 2.45) is 0 Å². The lowest BCUT2D eigenvalue weighted by atomic mass is 9.91. The Labute approximate surface area is 230 Å². The van der Waals surface area contributed by atoms with E-state index in [1.807, 2.05) is 0 Å². The normalized spacial score (nSPS) is 20.5. The Morgan fingerprint density at radius 2 is 1.92 bits per heavy atom. The van der Waals surface area contributed by atoms with E-state index < -0.39 is 10.0 Å². The topological polar surface area (TPSA) is 121 Å². The summed E-state index contributed by atoms with van der Waals surface area (Å²) in [4.78, 5) is 13.6. The van der Waals surface area contributed by atoms with Gasteiger partial charge in [0.15, 0.2) is 5.82 Å². The molecule has 38 heavy (non-hydrogen) atoms. The maximum atomic E-state index is 11.9. The molecule has 0 spiro atoms. The van der Waals surface area contributed by atoms with Gasteiger partial charge in [-0.05, 0) is 30.5 Å². The number of hydrogen-bond donors (Lipinski definition) is 3. The number of benzene rings is 1. The number of nitrogens with zero attached hydrogens (tertiary/aromatic N) is 4. The van der Waals surface area contributed by atoms with Gasteiger partial charge in [0.2, 0.25) is 16.0 Å². The lowest BCUT2D eigenvalue weighted by Gasteiger charge is -2.32. The van der Waals surface area contributed by atoms with Crippen molar-refractivity contribution in [1.82, 2.24) is 19.6 Å². The molecule has 2 heterocycles. The fourth-order valence-electron chi connectivity index (χ4n) is 5.05. The molecule has 3 N–H and O–H groups in total. The highest BCUT2D eigenvalue weighted by Crippen LogP contribution is 2.37. The predicted molar refractivity (Wildman–Crippen MR) is 151 cm³/mol. The number of anilines is 4. The van der Waals surface area contributed by atoms with Crippen molar-refractivity contribution in [3.63, 3.8) is 0 Å². The molecule has 4 rings (SSSR count). The van der Waals surface area contributed by atoms with Crippen LogP contribution in [0.25, 0.3) is 0 Å². The van der Waals surface area contributed by atoms with Crippen molar-refractivity contribution in [3.05, 3.63) is 28.9 Å². The molecule has 0 radical (unpaired) electrons. The van der Waals surface area contributed by atoms with Crippen LogP contribution in [0, 0.1) is 0 Å². The van der Waals surface area contributed by atoms with Crippen LogP contribution >= 0.6 is 11.6 Å². The first-order valence-corrected chi connectivity index (χ1v) is 15.1. The fourth-order valence-corrected chi connectivity index (χ4v) is 6.02. The Morgan fingerprint density at radius 3 is 2.63 bits per heavy atom. The maximum Gasteiger partial charge on any atom is 0.229 e. The van der Waals surface area contributed by atoms with Crippen LogP contribution in [0.3, 0.4) is 0 Å². The second-order valence-corrected chi connectivity index (χ2v) is 12.1. The fraction of sp³-hybridized carbons (Fsp3) is 0.600. The first kappa shape index (κ1) is 28.6. The van der Waals surface area contributed by atoms with E-state index in [2.05, 4.69) is 54.3 Å². The van der Waals surface area contributed by atoms with Gasteiger partial charge in [0.25, 0.3) is 0 Å². The first-order chi connectivity index (χ1) is 18.2. The van der Waals surface area contributed by atoms with E-state index in [1.54, 1.807) is 14.2 Å². The molecule has 0 saturated heterocycles. The summed E-state index contributed by atoms with van der Waals surface area (Å²) in [7, 11) is 2.11. The minimum Gasteiger partial charge on any atom is -0.495 e. The van der Waals surface area contributed by atoms with E-state index in [9.17, 15) is 8.42 Å². The van der Waals surface area contributed by atoms with Crippen LogP contribution in [0.4, 0.5) is 23.1 Å². The van der Waals surface area contributed by atoms with Crippen molar-refractivity contribution in [2.75, 3.05) is 69.3 Å². The molecule has 1 fully saturated rings. The third-order valence-corrected chi connectivity index (χ3v) is 8.02. The number of likely N-dealkylation sites (N-methyl/N-ethyl adjacent to an activating group) is 1. The second-order valence-electron chi connectivity index (χ2n) is 9.92. The maximum absolute atomic E-state index is 11.9. The highest BCUT2D eigenvalue weighted by atomic mass is 35.5. The van der Waals surface area contributed by atoms with Crippen molar-refractivity contribution < 1.29 is 17.9 Å². The number of methoxy groups -OCH3 is 2. The van der Waals surface area contributed by atoms with E-state index >= 15 is 0 Å². The minimum atomic E-state index is -3.33. The number of fused-ring (bicyclic) bond motifs is 1. The quantitative estimate of drug-likeness (QED) is 0.395. The molecule has 0 amide bonds. The van der Waals surface area contributed by atoms with Crippen LogP contribution in [-0.2, 0) is 21.3 Å². The Bertz CT molecular complexity index is 1220. The molecule has 1 aliphatic carbocycles. The molecule has 210 valence electrons. The summed E-state index contributed by atoms with van der Waals surface area (Å²) in [5, 5.41) is 7.02. The van der Waals surface area contributed by atoms with Gasteiger partial charge in [0.05, 0.1) is 31.9 Å². The highest BCUT2D eigenvalue weighted by molar-refractivity contribution is 7.88. The van der Waals surface area contributed by atoms with Crippen LogP contribution in [-0.4, -0.2) is 89.1 Å². The largest absolute Gasteiger partial charge is 0.495 e. The van der Waals surface area contributed by atoms with Crippen molar-refractivity contribution in [1.29, 1.82) is 0 Å². The summed E-state index contributed by atoms with van der Waals surface area (Å²) in [5.74, 6) is 1.50. The lowest BCUT2D eigenvalue weighted by molar-refractivity contribution is 0.147. The van der Waals surface area contributed by atoms with Crippen molar-refractivity contribution in [3.8, 4) is 5.75 Å². The average Bonchev–Trinajstić information content (AvgIpc) is 3.02. The Hall–Kier alpha value is -2.38. The average molecular weight is 568 g/mol. The molecule has 1 aromatic heterocycles. The molecule has 13 heteroatoms. The van der Waals surface area contributed by atoms with Gasteiger partial charge in [-0.1, -0.05) is 24.4 Å². The Balaban J connectivity index is 1.56. The molecule has 2 aromatic rings. The van der Waals surface area contributed by atoms with Crippen molar-refractivity contribution in [2.45, 2.75) is 44.3 Å². The van der Waals surface area contributed by atoms with Crippen LogP contribution < -0.4 is 25.0 Å². The Morgan fingerprint density at radius 1 is 1.16 bits per heavy atom. The molecule has 2 aliphatic rings. The highest BCUT2D eigenvalue weighted by Gasteiger charge is 2.28. The van der Waals surface area contributed by atoms with Crippen LogP contribution in [0.15, 0.2) is 18.3 Å². The summed E-state index contributed by atoms with van der Waals surface area (Å²) < 4.78 is 37.5. The number of aromatic nitrogens is 2. The smallest absolute Gasteiger partial charge is 0.229 e. The standard InChI is InChI=1S/C25H38ClN7O4S/c1-32-9-10-33(11-12-36-2)16-17-13-23(37-3)21(14-22(17)32)29-25-27-15-18(26)24(30-25)28-19-7-5-6-8-20(19)31-38(4,34)35/h13-15,19-20,31H,5-12,16H2,1-4H3,(H2,27,28,29,30). The lowest BCUT2D eigenvalue weighted by Crippen LogP contribution is -2.48. The van der Waals surface area contributed by atoms with E-state index in [0.29, 0.717) is 29.1 Å². The van der Waals surface area contributed by atoms with Gasteiger partial charge in [0, 0.05) is 58.1 Å². The second kappa shape index (κ2) is 12.6. The van der Waals surface area contributed by atoms with Gasteiger partial charge in [0.1, 0.15) is 10.8 Å². The SMILES string of the molecule is COCCN1CCN(C)c2cc(Nc3ncc(Cl)c(NC4CCCCC4NS(C)(=O)=O)n3)c(OC)cc2C1. The first-order valence-electron chi connectivity index (χ1n) is 12.8. The van der Waals surface area contributed by atoms with Crippen molar-refractivity contribution >= 4 is 44.8 Å². The molecular formula is C25H38ClN7O4S. The zero-order valence-electron chi connectivity index (χ0n) is 22.5. The molecule has 11 nitrogen and oxygen atoms in total. The molecule has 1 aromatic carbocycles. The third kappa shape index (κ3) is 7.38. The number of nitrogens with one attached hydrogen (secondary N) is 3. The number of sulfonamides is 1. The number of hydrogen-bond acceptors (Lipinski definition) is 10. The zero-order chi connectivity index (χ0) is 27.3. The van der Waals surface area contributed by atoms with Crippen LogP contribution in [0.1, 0.15) is 31.2 Å². The summed E-state index contributed by atoms with van der Waals surface area (Å²) in [5.41, 5.74) is 3.02. The van der Waals surface area contributed by atoms with E-state index in [-0.39, 0.29) is 12.1 Å². The van der Waals surface area contributed by atoms with E-state index in [0.717, 1.165) is 63.2 Å². The number of halogens is 1. The molecule has 2 atom stereocenters. The molecule has 1 aliphatic heterocycles. The van der Waals surface area contributed by atoms with Gasteiger partial charge in [-0.25, -0.2) is 18.1 Å². The van der Waals surface area contributed by atoms with Gasteiger partial charge >= 0.3 is 0 Å². The molecule has 0 bridgehead atoms. The van der Waals surface area contributed by atoms with Gasteiger partial charge in [-0.3, -0.25) is 4.90 Å². The van der Waals surface area contributed by atoms with Crippen LogP contribution in [0.2, 0.25) is 5.02 Å². The third-order valence-electron chi connectivity index (χ3n) is 7.01. The molecule has 1 saturated carbocycles. The summed E-state index contributed by atoms with van der Waals surface area (Å²) in [6, 6.07) is 3.75. The van der Waals surface area contributed by atoms with E-state index in [1.165, 1.54) is 18.0 Å². The summed E-state index contributed by atoms with van der Waals surface area (Å²) in [6.07, 6.45) is 6.24. The molecule has 2 unspecified atom stereocenters. The minimum absolute atomic E-state index is 0.129. The van der Waals surface area contributed by atoms with Gasteiger partial charge < -0.3 is 25.0 Å². The predicted octanol–water partition coefficient (Wildman–Crippen LogP) is 3.05. The van der Waals surface area contributed by atoms with E-state index in [4.69, 9.17) is 21.1 Å². The van der Waals surface area contributed by atoms with Gasteiger partial charge in [-0.15, -0.1) is 0 Å². The summed E-state index contributed by atoms with van der Waals surface area (Å²) in [6.45, 7) is 4.17.